The van der Waals surface area contributed by atoms with E-state index < -0.39 is 36.9 Å². The number of amides is 3. The van der Waals surface area contributed by atoms with Gasteiger partial charge in [-0.1, -0.05) is 37.0 Å². The van der Waals surface area contributed by atoms with Gasteiger partial charge >= 0.3 is 13.1 Å². The molecule has 1 aromatic carbocycles. The molecule has 1 aliphatic heterocycles. The summed E-state index contributed by atoms with van der Waals surface area (Å²) in [5.41, 5.74) is 0.144. The van der Waals surface area contributed by atoms with Crippen molar-refractivity contribution in [2.45, 2.75) is 38.7 Å². The molecule has 0 radical (unpaired) electrons. The Bertz CT molecular complexity index is 854. The van der Waals surface area contributed by atoms with Crippen LogP contribution in [-0.2, 0) is 23.7 Å². The number of carbonyl (C=O) groups is 4. The van der Waals surface area contributed by atoms with Crippen molar-refractivity contribution < 1.29 is 28.5 Å². The molecule has 2 atom stereocenters. The second-order valence-electron chi connectivity index (χ2n) is 7.42. The molecule has 0 aliphatic carbocycles. The zero-order chi connectivity index (χ0) is 23.1. The maximum Gasteiger partial charge on any atom is 0.552 e. The lowest BCUT2D eigenvalue weighted by Crippen LogP contribution is -2.50. The lowest BCUT2D eigenvalue weighted by atomic mass is 9.74. The molecule has 1 aliphatic rings. The molecule has 3 N–H and O–H groups in total. The van der Waals surface area contributed by atoms with E-state index in [1.165, 1.54) is 19.2 Å². The van der Waals surface area contributed by atoms with Gasteiger partial charge in [0.1, 0.15) is 6.10 Å². The Kier molecular flexibility index (Phi) is 9.15. The number of hydrogen-bond acceptors (Lipinski definition) is 6. The SMILES string of the molecule is CNC(=O)CC1OB([C@H](CC(C)C)NC(=O)CNC(=O)c2cc(Cl)ccc2Cl)OC1=O. The van der Waals surface area contributed by atoms with Gasteiger partial charge in [-0.25, -0.2) is 0 Å². The summed E-state index contributed by atoms with van der Waals surface area (Å²) in [6.07, 6.45) is -0.768. The molecule has 0 bridgehead atoms. The average Bonchev–Trinajstić information content (AvgIpc) is 3.07. The van der Waals surface area contributed by atoms with Crippen LogP contribution < -0.4 is 16.0 Å². The summed E-state index contributed by atoms with van der Waals surface area (Å²) in [6.45, 7) is 3.53. The monoisotopic (exact) mass is 471 g/mol. The van der Waals surface area contributed by atoms with Gasteiger partial charge in [0, 0.05) is 12.1 Å². The molecular formula is C19H24BCl2N3O6. The van der Waals surface area contributed by atoms with Gasteiger partial charge in [0.05, 0.1) is 29.5 Å². The molecule has 1 heterocycles. The van der Waals surface area contributed by atoms with Crippen LogP contribution in [0.3, 0.4) is 0 Å². The molecule has 1 fully saturated rings. The van der Waals surface area contributed by atoms with Crippen LogP contribution in [-0.4, -0.2) is 56.4 Å². The predicted molar refractivity (Wildman–Crippen MR) is 116 cm³/mol. The van der Waals surface area contributed by atoms with Gasteiger partial charge in [-0.3, -0.25) is 19.2 Å². The van der Waals surface area contributed by atoms with Crippen LogP contribution in [0.25, 0.3) is 0 Å². The van der Waals surface area contributed by atoms with Gasteiger partial charge in [0.15, 0.2) is 0 Å². The first-order valence-electron chi connectivity index (χ1n) is 9.69. The Morgan fingerprint density at radius 2 is 1.90 bits per heavy atom. The third-order valence-electron chi connectivity index (χ3n) is 4.43. The number of rotatable bonds is 9. The number of nitrogens with one attached hydrogen (secondary N) is 3. The van der Waals surface area contributed by atoms with Crippen LogP contribution in [0.5, 0.6) is 0 Å². The van der Waals surface area contributed by atoms with Crippen LogP contribution in [0.2, 0.25) is 10.0 Å². The molecule has 0 spiro atoms. The highest BCUT2D eigenvalue weighted by atomic mass is 35.5. The molecule has 1 aromatic rings. The summed E-state index contributed by atoms with van der Waals surface area (Å²) in [5.74, 6) is -2.61. The van der Waals surface area contributed by atoms with Gasteiger partial charge in [-0.2, -0.15) is 0 Å². The van der Waals surface area contributed by atoms with Crippen LogP contribution in [0, 0.1) is 5.92 Å². The molecule has 2 rings (SSSR count). The van der Waals surface area contributed by atoms with E-state index in [0.29, 0.717) is 11.4 Å². The van der Waals surface area contributed by atoms with Crippen molar-refractivity contribution in [2.24, 2.45) is 5.92 Å². The quantitative estimate of drug-likeness (QED) is 0.467. The van der Waals surface area contributed by atoms with Crippen LogP contribution >= 0.6 is 23.2 Å². The molecule has 9 nitrogen and oxygen atoms in total. The topological polar surface area (TPSA) is 123 Å². The maximum atomic E-state index is 12.4. The zero-order valence-electron chi connectivity index (χ0n) is 17.4. The summed E-state index contributed by atoms with van der Waals surface area (Å²) < 4.78 is 10.8. The maximum absolute atomic E-state index is 12.4. The van der Waals surface area contributed by atoms with Gasteiger partial charge in [0.2, 0.25) is 11.8 Å². The summed E-state index contributed by atoms with van der Waals surface area (Å²) >= 11 is 11.9. The Hall–Kier alpha value is -2.30. The summed E-state index contributed by atoms with van der Waals surface area (Å²) in [7, 11) is 0.416. The second kappa shape index (κ2) is 11.4. The van der Waals surface area contributed by atoms with Crippen molar-refractivity contribution in [2.75, 3.05) is 13.6 Å². The summed E-state index contributed by atoms with van der Waals surface area (Å²) in [6, 6.07) is 4.43. The van der Waals surface area contributed by atoms with E-state index >= 15 is 0 Å². The van der Waals surface area contributed by atoms with E-state index in [-0.39, 0.29) is 35.4 Å². The average molecular weight is 472 g/mol. The normalized spacial score (nSPS) is 16.6. The molecule has 3 amide bonds. The van der Waals surface area contributed by atoms with Crippen LogP contribution in [0.15, 0.2) is 18.2 Å². The number of benzene rings is 1. The molecule has 31 heavy (non-hydrogen) atoms. The van der Waals surface area contributed by atoms with E-state index in [1.807, 2.05) is 13.8 Å². The fraction of sp³-hybridized carbons (Fsp3) is 0.474. The third-order valence-corrected chi connectivity index (χ3v) is 4.99. The minimum Gasteiger partial charge on any atom is -0.506 e. The first-order valence-corrected chi connectivity index (χ1v) is 10.5. The molecule has 0 saturated carbocycles. The van der Waals surface area contributed by atoms with Gasteiger partial charge in [-0.15, -0.1) is 0 Å². The van der Waals surface area contributed by atoms with E-state index in [1.54, 1.807) is 6.07 Å². The van der Waals surface area contributed by atoms with Crippen LogP contribution in [0.4, 0.5) is 0 Å². The van der Waals surface area contributed by atoms with E-state index in [4.69, 9.17) is 32.5 Å². The van der Waals surface area contributed by atoms with Crippen molar-refractivity contribution in [1.29, 1.82) is 0 Å². The van der Waals surface area contributed by atoms with Crippen LogP contribution in [0.1, 0.15) is 37.0 Å². The molecule has 168 valence electrons. The summed E-state index contributed by atoms with van der Waals surface area (Å²) in [4.78, 5) is 48.3. The highest BCUT2D eigenvalue weighted by molar-refractivity contribution is 6.51. The largest absolute Gasteiger partial charge is 0.552 e. The molecule has 1 unspecified atom stereocenters. The first kappa shape index (κ1) is 25.0. The zero-order valence-corrected chi connectivity index (χ0v) is 18.9. The molecule has 1 saturated heterocycles. The van der Waals surface area contributed by atoms with Crippen molar-refractivity contribution >= 4 is 54.0 Å². The molecular weight excluding hydrogens is 448 g/mol. The fourth-order valence-electron chi connectivity index (χ4n) is 2.95. The second-order valence-corrected chi connectivity index (χ2v) is 8.26. The van der Waals surface area contributed by atoms with Gasteiger partial charge in [0.25, 0.3) is 5.91 Å². The fourth-order valence-corrected chi connectivity index (χ4v) is 3.32. The first-order chi connectivity index (χ1) is 14.6. The smallest absolute Gasteiger partial charge is 0.506 e. The number of hydrogen-bond donors (Lipinski definition) is 3. The van der Waals surface area contributed by atoms with Crippen molar-refractivity contribution in [3.63, 3.8) is 0 Å². The van der Waals surface area contributed by atoms with Crippen molar-refractivity contribution in [1.82, 2.24) is 16.0 Å². The van der Waals surface area contributed by atoms with Gasteiger partial charge in [-0.05, 0) is 30.5 Å². The van der Waals surface area contributed by atoms with Gasteiger partial charge < -0.3 is 25.3 Å². The minimum atomic E-state index is -1.04. The Morgan fingerprint density at radius 1 is 1.19 bits per heavy atom. The number of halogens is 2. The highest BCUT2D eigenvalue weighted by Crippen LogP contribution is 2.21. The lowest BCUT2D eigenvalue weighted by molar-refractivity contribution is -0.138. The molecule has 0 aromatic heterocycles. The highest BCUT2D eigenvalue weighted by Gasteiger charge is 2.46. The Labute approximate surface area is 190 Å². The predicted octanol–water partition coefficient (Wildman–Crippen LogP) is 1.36. The van der Waals surface area contributed by atoms with E-state index in [2.05, 4.69) is 16.0 Å². The van der Waals surface area contributed by atoms with E-state index in [9.17, 15) is 19.2 Å². The molecule has 12 heteroatoms. The van der Waals surface area contributed by atoms with Crippen molar-refractivity contribution in [3.05, 3.63) is 33.8 Å². The van der Waals surface area contributed by atoms with E-state index in [0.717, 1.165) is 0 Å². The Balaban J connectivity index is 1.96. The Morgan fingerprint density at radius 3 is 2.55 bits per heavy atom. The summed E-state index contributed by atoms with van der Waals surface area (Å²) in [5, 5.41) is 8.14. The minimum absolute atomic E-state index is 0.144. The third kappa shape index (κ3) is 7.41. The lowest BCUT2D eigenvalue weighted by Gasteiger charge is -2.21. The van der Waals surface area contributed by atoms with Crippen molar-refractivity contribution in [3.8, 4) is 0 Å². The standard InChI is InChI=1S/C19H24BCl2N3O6/c1-10(2)6-15(20-30-14(19(29)31-20)8-16(26)23-3)25-17(27)9-24-18(28)12-7-11(21)4-5-13(12)22/h4-5,7,10,14-15H,6,8-9H2,1-3H3,(H,23,26)(H,24,28)(H,25,27)/t14?,15-/m0/s1. The number of carbonyl (C=O) groups excluding carboxylic acids is 4.